The second kappa shape index (κ2) is 6.67. The monoisotopic (exact) mass is 381 g/mol. The number of carbonyl (C=O) groups excluding carboxylic acids is 3. The molecule has 154 valence electrons. The number of ether oxygens (including phenoxy) is 1. The Morgan fingerprint density at radius 2 is 1.67 bits per heavy atom. The SMILES string of the molecule is COC(=O)C1C2C(CN1C(=O)[C@@H](NC(=O)NC(C)(C)C)C(C)(C)C)C2(C)C. The van der Waals surface area contributed by atoms with Crippen molar-refractivity contribution in [2.24, 2.45) is 22.7 Å². The summed E-state index contributed by atoms with van der Waals surface area (Å²) in [5, 5.41) is 5.66. The fourth-order valence-corrected chi connectivity index (χ4v) is 4.23. The number of nitrogens with zero attached hydrogens (tertiary/aromatic N) is 1. The third-order valence-corrected chi connectivity index (χ3v) is 5.81. The molecule has 0 aromatic rings. The molecule has 4 atom stereocenters. The number of rotatable bonds is 3. The van der Waals surface area contributed by atoms with E-state index in [1.807, 2.05) is 41.5 Å². The van der Waals surface area contributed by atoms with Crippen molar-refractivity contribution >= 4 is 17.9 Å². The van der Waals surface area contributed by atoms with E-state index in [-0.39, 0.29) is 29.1 Å². The predicted octanol–water partition coefficient (Wildman–Crippen LogP) is 2.15. The Labute approximate surface area is 162 Å². The summed E-state index contributed by atoms with van der Waals surface area (Å²) in [6.07, 6.45) is 0. The maximum absolute atomic E-state index is 13.4. The van der Waals surface area contributed by atoms with Gasteiger partial charge >= 0.3 is 12.0 Å². The van der Waals surface area contributed by atoms with Gasteiger partial charge in [-0.05, 0) is 37.5 Å². The van der Waals surface area contributed by atoms with Gasteiger partial charge in [0.1, 0.15) is 12.1 Å². The molecule has 0 bridgehead atoms. The lowest BCUT2D eigenvalue weighted by atomic mass is 9.85. The number of carbonyl (C=O) groups is 3. The summed E-state index contributed by atoms with van der Waals surface area (Å²) in [5.41, 5.74) is -0.886. The average Bonchev–Trinajstić information content (AvgIpc) is 2.85. The molecule has 1 heterocycles. The number of amides is 3. The van der Waals surface area contributed by atoms with E-state index in [1.54, 1.807) is 4.90 Å². The number of esters is 1. The zero-order chi connectivity index (χ0) is 20.9. The number of fused-ring (bicyclic) bond motifs is 1. The highest BCUT2D eigenvalue weighted by molar-refractivity contribution is 5.92. The minimum absolute atomic E-state index is 0.0317. The summed E-state index contributed by atoms with van der Waals surface area (Å²) in [6, 6.07) is -1.72. The maximum Gasteiger partial charge on any atom is 0.328 e. The topological polar surface area (TPSA) is 87.7 Å². The molecular formula is C20H35N3O4. The molecule has 2 N–H and O–H groups in total. The van der Waals surface area contributed by atoms with E-state index in [1.165, 1.54) is 7.11 Å². The molecule has 0 spiro atoms. The highest BCUT2D eigenvalue weighted by Gasteiger charge is 2.70. The molecule has 1 saturated carbocycles. The van der Waals surface area contributed by atoms with Crippen LogP contribution in [0, 0.1) is 22.7 Å². The first-order valence-electron chi connectivity index (χ1n) is 9.58. The van der Waals surface area contributed by atoms with Crippen LogP contribution in [0.25, 0.3) is 0 Å². The standard InChI is InChI=1S/C20H35N3O4/c1-18(2,3)14(21-17(26)22-19(4,5)6)15(24)23-10-11-12(20(11,7)8)13(23)16(25)27-9/h11-14H,10H2,1-9H3,(H2,21,22,26)/t11?,12?,13?,14-/m1/s1. The van der Waals surface area contributed by atoms with E-state index in [4.69, 9.17) is 4.74 Å². The summed E-state index contributed by atoms with van der Waals surface area (Å²) < 4.78 is 4.98. The van der Waals surface area contributed by atoms with Crippen LogP contribution >= 0.6 is 0 Å². The molecule has 2 rings (SSSR count). The summed E-state index contributed by atoms with van der Waals surface area (Å²) in [4.78, 5) is 39.8. The van der Waals surface area contributed by atoms with Crippen molar-refractivity contribution in [3.8, 4) is 0 Å². The van der Waals surface area contributed by atoms with Crippen molar-refractivity contribution in [1.29, 1.82) is 0 Å². The Balaban J connectivity index is 2.23. The lowest BCUT2D eigenvalue weighted by molar-refractivity contribution is -0.154. The molecule has 1 saturated heterocycles. The molecule has 3 unspecified atom stereocenters. The zero-order valence-corrected chi connectivity index (χ0v) is 18.1. The Morgan fingerprint density at radius 1 is 1.11 bits per heavy atom. The van der Waals surface area contributed by atoms with Gasteiger partial charge in [0.2, 0.25) is 5.91 Å². The van der Waals surface area contributed by atoms with Crippen LogP contribution in [0.2, 0.25) is 0 Å². The number of nitrogens with one attached hydrogen (secondary N) is 2. The van der Waals surface area contributed by atoms with E-state index in [2.05, 4.69) is 24.5 Å². The molecule has 27 heavy (non-hydrogen) atoms. The Hall–Kier alpha value is -1.79. The van der Waals surface area contributed by atoms with E-state index >= 15 is 0 Å². The molecular weight excluding hydrogens is 346 g/mol. The quantitative estimate of drug-likeness (QED) is 0.733. The number of piperidine rings is 1. The molecule has 2 aliphatic rings. The normalized spacial score (nSPS) is 27.4. The van der Waals surface area contributed by atoms with Crippen LogP contribution in [-0.4, -0.2) is 54.1 Å². The lowest BCUT2D eigenvalue weighted by Crippen LogP contribution is -2.60. The van der Waals surface area contributed by atoms with E-state index in [0.29, 0.717) is 6.54 Å². The van der Waals surface area contributed by atoms with Gasteiger partial charge in [-0.25, -0.2) is 9.59 Å². The van der Waals surface area contributed by atoms with Crippen LogP contribution in [0.1, 0.15) is 55.4 Å². The predicted molar refractivity (Wildman–Crippen MR) is 103 cm³/mol. The molecule has 1 aliphatic carbocycles. The van der Waals surface area contributed by atoms with Crippen LogP contribution in [0.4, 0.5) is 4.79 Å². The first kappa shape index (κ1) is 21.5. The number of hydrogen-bond acceptors (Lipinski definition) is 4. The zero-order valence-electron chi connectivity index (χ0n) is 18.1. The van der Waals surface area contributed by atoms with Crippen molar-refractivity contribution < 1.29 is 19.1 Å². The van der Waals surface area contributed by atoms with Crippen LogP contribution in [0.5, 0.6) is 0 Å². The second-order valence-electron chi connectivity index (χ2n) is 10.6. The Bertz CT molecular complexity index is 630. The van der Waals surface area contributed by atoms with E-state index < -0.39 is 29.1 Å². The Morgan fingerprint density at radius 3 is 2.11 bits per heavy atom. The Kier molecular flexibility index (Phi) is 5.32. The smallest absolute Gasteiger partial charge is 0.328 e. The van der Waals surface area contributed by atoms with Crippen molar-refractivity contribution in [1.82, 2.24) is 15.5 Å². The van der Waals surface area contributed by atoms with Gasteiger partial charge in [0.25, 0.3) is 0 Å². The molecule has 7 heteroatoms. The molecule has 2 fully saturated rings. The maximum atomic E-state index is 13.4. The summed E-state index contributed by atoms with van der Waals surface area (Å²) in [7, 11) is 1.35. The first-order valence-corrected chi connectivity index (χ1v) is 9.58. The molecule has 0 aromatic heterocycles. The van der Waals surface area contributed by atoms with E-state index in [9.17, 15) is 14.4 Å². The van der Waals surface area contributed by atoms with Crippen LogP contribution < -0.4 is 10.6 Å². The highest BCUT2D eigenvalue weighted by Crippen LogP contribution is 2.65. The summed E-state index contributed by atoms with van der Waals surface area (Å²) >= 11 is 0. The number of urea groups is 1. The van der Waals surface area contributed by atoms with Gasteiger partial charge in [-0.2, -0.15) is 0 Å². The van der Waals surface area contributed by atoms with Gasteiger partial charge in [0, 0.05) is 18.0 Å². The summed E-state index contributed by atoms with van der Waals surface area (Å²) in [5.74, 6) is -0.217. The second-order valence-corrected chi connectivity index (χ2v) is 10.6. The molecule has 0 radical (unpaired) electrons. The van der Waals surface area contributed by atoms with Gasteiger partial charge in [0.15, 0.2) is 0 Å². The van der Waals surface area contributed by atoms with Gasteiger partial charge in [0.05, 0.1) is 7.11 Å². The molecule has 3 amide bonds. The third kappa shape index (κ3) is 4.22. The minimum atomic E-state index is -0.743. The van der Waals surface area contributed by atoms with Crippen molar-refractivity contribution in [3.05, 3.63) is 0 Å². The largest absolute Gasteiger partial charge is 0.467 e. The van der Waals surface area contributed by atoms with Gasteiger partial charge in [-0.1, -0.05) is 34.6 Å². The fraction of sp³-hybridized carbons (Fsp3) is 0.850. The average molecular weight is 382 g/mol. The van der Waals surface area contributed by atoms with Crippen molar-refractivity contribution in [3.63, 3.8) is 0 Å². The van der Waals surface area contributed by atoms with Gasteiger partial charge in [-0.3, -0.25) is 4.79 Å². The third-order valence-electron chi connectivity index (χ3n) is 5.81. The number of methoxy groups -OCH3 is 1. The van der Waals surface area contributed by atoms with E-state index in [0.717, 1.165) is 0 Å². The number of hydrogen-bond donors (Lipinski definition) is 2. The fourth-order valence-electron chi connectivity index (χ4n) is 4.23. The highest BCUT2D eigenvalue weighted by atomic mass is 16.5. The van der Waals surface area contributed by atoms with Crippen molar-refractivity contribution in [2.45, 2.75) is 73.0 Å². The van der Waals surface area contributed by atoms with Crippen molar-refractivity contribution in [2.75, 3.05) is 13.7 Å². The minimum Gasteiger partial charge on any atom is -0.467 e. The van der Waals surface area contributed by atoms with Crippen LogP contribution in [0.3, 0.4) is 0 Å². The van der Waals surface area contributed by atoms with Gasteiger partial charge < -0.3 is 20.3 Å². The molecule has 7 nitrogen and oxygen atoms in total. The van der Waals surface area contributed by atoms with Crippen LogP contribution in [-0.2, 0) is 14.3 Å². The molecule has 1 aliphatic heterocycles. The van der Waals surface area contributed by atoms with Crippen LogP contribution in [0.15, 0.2) is 0 Å². The molecule has 0 aromatic carbocycles. The number of likely N-dealkylation sites (tertiary alicyclic amines) is 1. The van der Waals surface area contributed by atoms with Gasteiger partial charge in [-0.15, -0.1) is 0 Å². The lowest BCUT2D eigenvalue weighted by Gasteiger charge is -2.37. The first-order chi connectivity index (χ1) is 12.1. The summed E-state index contributed by atoms with van der Waals surface area (Å²) in [6.45, 7) is 16.1.